The van der Waals surface area contributed by atoms with Crippen LogP contribution in [-0.4, -0.2) is 36.7 Å². The molecule has 3 rings (SSSR count). The minimum atomic E-state index is -4.52. The van der Waals surface area contributed by atoms with Crippen LogP contribution in [0.3, 0.4) is 0 Å². The van der Waals surface area contributed by atoms with E-state index in [9.17, 15) is 35.9 Å². The quantitative estimate of drug-likeness (QED) is 0.228. The number of amides is 1. The Labute approximate surface area is 220 Å². The number of methoxy groups -OCH3 is 1. The van der Waals surface area contributed by atoms with E-state index in [0.717, 1.165) is 6.07 Å². The van der Waals surface area contributed by atoms with Gasteiger partial charge in [0.1, 0.15) is 11.9 Å². The summed E-state index contributed by atoms with van der Waals surface area (Å²) in [6.07, 6.45) is -10.7. The van der Waals surface area contributed by atoms with E-state index in [1.807, 2.05) is 0 Å². The molecule has 0 radical (unpaired) electrons. The van der Waals surface area contributed by atoms with Crippen LogP contribution in [0.4, 0.5) is 26.3 Å². The predicted molar refractivity (Wildman–Crippen MR) is 129 cm³/mol. The number of ether oxygens (including phenoxy) is 2. The van der Waals surface area contributed by atoms with Crippen LogP contribution >= 0.6 is 0 Å². The largest absolute Gasteiger partial charge is 0.486 e. The summed E-state index contributed by atoms with van der Waals surface area (Å²) in [4.78, 5) is 27.2. The first kappa shape index (κ1) is 29.5. The molecule has 0 aliphatic carbocycles. The predicted octanol–water partition coefficient (Wildman–Crippen LogP) is 6.52. The summed E-state index contributed by atoms with van der Waals surface area (Å²) < 4.78 is 87.6. The van der Waals surface area contributed by atoms with Crippen LogP contribution in [-0.2, 0) is 15.7 Å². The Morgan fingerprint density at radius 1 is 0.923 bits per heavy atom. The number of nitrogens with one attached hydrogen (secondary N) is 1. The lowest BCUT2D eigenvalue weighted by atomic mass is 10.0. The number of carbonyl (C=O) groups excluding carboxylic acids is 2. The number of pyridine rings is 1. The average Bonchev–Trinajstić information content (AvgIpc) is 2.90. The van der Waals surface area contributed by atoms with Gasteiger partial charge in [-0.1, -0.05) is 24.3 Å². The smallest absolute Gasteiger partial charge is 0.417 e. The van der Waals surface area contributed by atoms with Gasteiger partial charge < -0.3 is 14.8 Å². The first-order chi connectivity index (χ1) is 18.4. The minimum Gasteiger partial charge on any atom is -0.486 e. The van der Waals surface area contributed by atoms with Gasteiger partial charge in [-0.15, -0.1) is 0 Å². The van der Waals surface area contributed by atoms with Crippen LogP contribution in [0.15, 0.2) is 66.9 Å². The molecule has 1 atom stereocenters. The second kappa shape index (κ2) is 12.6. The number of hydrogen-bond donors (Lipinski definition) is 1. The molecule has 0 bridgehead atoms. The summed E-state index contributed by atoms with van der Waals surface area (Å²) in [6, 6.07) is 14.0. The SMILES string of the molecule is COC(=O)CCNC(=O)c1ccc(OC(CCC(F)(F)F)c2ccc(-c3ccc(C(F)(F)F)cn3)cc2)cc1. The van der Waals surface area contributed by atoms with Crippen molar-refractivity contribution in [2.24, 2.45) is 0 Å². The fourth-order valence-corrected chi connectivity index (χ4v) is 3.52. The zero-order valence-corrected chi connectivity index (χ0v) is 20.6. The van der Waals surface area contributed by atoms with Crippen LogP contribution in [0.5, 0.6) is 5.75 Å². The van der Waals surface area contributed by atoms with Gasteiger partial charge in [0.25, 0.3) is 5.91 Å². The van der Waals surface area contributed by atoms with Gasteiger partial charge in [0.15, 0.2) is 0 Å². The van der Waals surface area contributed by atoms with Crippen molar-refractivity contribution in [3.05, 3.63) is 83.6 Å². The molecule has 0 aliphatic heterocycles. The van der Waals surface area contributed by atoms with Crippen molar-refractivity contribution >= 4 is 11.9 Å². The number of halogens is 6. The van der Waals surface area contributed by atoms with Gasteiger partial charge in [0.2, 0.25) is 0 Å². The van der Waals surface area contributed by atoms with Gasteiger partial charge in [0.05, 0.1) is 24.8 Å². The Balaban J connectivity index is 1.72. The fraction of sp³-hybridized carbons (Fsp3) is 0.296. The van der Waals surface area contributed by atoms with E-state index in [-0.39, 0.29) is 30.0 Å². The number of carbonyl (C=O) groups is 2. The van der Waals surface area contributed by atoms with E-state index < -0.39 is 48.7 Å². The van der Waals surface area contributed by atoms with Crippen LogP contribution in [0.2, 0.25) is 0 Å². The number of alkyl halides is 6. The van der Waals surface area contributed by atoms with Gasteiger partial charge in [0, 0.05) is 30.3 Å². The maximum Gasteiger partial charge on any atom is 0.417 e. The van der Waals surface area contributed by atoms with Gasteiger partial charge in [-0.05, 0) is 48.4 Å². The minimum absolute atomic E-state index is 0.00194. The zero-order chi connectivity index (χ0) is 28.6. The molecule has 6 nitrogen and oxygen atoms in total. The fourth-order valence-electron chi connectivity index (χ4n) is 3.52. The maximum atomic E-state index is 13.0. The van der Waals surface area contributed by atoms with Crippen LogP contribution in [0.1, 0.15) is 46.9 Å². The van der Waals surface area contributed by atoms with E-state index in [1.54, 1.807) is 0 Å². The first-order valence-electron chi connectivity index (χ1n) is 11.7. The Hall–Kier alpha value is -4.09. The molecule has 12 heteroatoms. The van der Waals surface area contributed by atoms with Crippen LogP contribution in [0, 0.1) is 0 Å². The highest BCUT2D eigenvalue weighted by Crippen LogP contribution is 2.33. The van der Waals surface area contributed by atoms with E-state index in [4.69, 9.17) is 4.74 Å². The molecule has 1 unspecified atom stereocenters. The summed E-state index contributed by atoms with van der Waals surface area (Å²) in [5, 5.41) is 2.55. The summed E-state index contributed by atoms with van der Waals surface area (Å²) in [5.74, 6) is -0.707. The zero-order valence-electron chi connectivity index (χ0n) is 20.6. The van der Waals surface area contributed by atoms with Crippen molar-refractivity contribution in [2.75, 3.05) is 13.7 Å². The standard InChI is InChI=1S/C27H24F6N2O4/c1-38-24(36)13-15-34-25(37)19-6-9-21(10-7-19)39-23(12-14-26(28,29)30)18-4-2-17(3-5-18)22-11-8-20(16-35-22)27(31,32)33/h2-11,16,23H,12-15H2,1H3,(H,34,37). The molecule has 0 fully saturated rings. The molecule has 2 aromatic carbocycles. The molecule has 208 valence electrons. The van der Waals surface area contributed by atoms with E-state index in [2.05, 4.69) is 15.0 Å². The number of aromatic nitrogens is 1. The van der Waals surface area contributed by atoms with Crippen molar-refractivity contribution in [1.29, 1.82) is 0 Å². The highest BCUT2D eigenvalue weighted by molar-refractivity contribution is 5.94. The van der Waals surface area contributed by atoms with Crippen molar-refractivity contribution in [3.63, 3.8) is 0 Å². The van der Waals surface area contributed by atoms with Gasteiger partial charge in [-0.2, -0.15) is 26.3 Å². The van der Waals surface area contributed by atoms with E-state index >= 15 is 0 Å². The van der Waals surface area contributed by atoms with E-state index in [0.29, 0.717) is 17.3 Å². The van der Waals surface area contributed by atoms with Gasteiger partial charge >= 0.3 is 18.3 Å². The van der Waals surface area contributed by atoms with Crippen molar-refractivity contribution < 1.29 is 45.4 Å². The third-order valence-corrected chi connectivity index (χ3v) is 5.60. The van der Waals surface area contributed by atoms with E-state index in [1.165, 1.54) is 61.7 Å². The van der Waals surface area contributed by atoms with Crippen molar-refractivity contribution in [1.82, 2.24) is 10.3 Å². The molecule has 0 aliphatic rings. The van der Waals surface area contributed by atoms with Crippen molar-refractivity contribution in [2.45, 2.75) is 37.7 Å². The molecule has 3 aromatic rings. The lowest BCUT2D eigenvalue weighted by molar-refractivity contribution is -0.140. The van der Waals surface area contributed by atoms with Crippen LogP contribution in [0.25, 0.3) is 11.3 Å². The summed E-state index contributed by atoms with van der Waals surface area (Å²) in [7, 11) is 1.23. The monoisotopic (exact) mass is 554 g/mol. The molecule has 1 heterocycles. The Morgan fingerprint density at radius 3 is 2.13 bits per heavy atom. The molecule has 1 aromatic heterocycles. The molecule has 0 saturated carbocycles. The third-order valence-electron chi connectivity index (χ3n) is 5.60. The summed E-state index contributed by atoms with van der Waals surface area (Å²) >= 11 is 0. The Morgan fingerprint density at radius 2 is 1.59 bits per heavy atom. The number of esters is 1. The summed E-state index contributed by atoms with van der Waals surface area (Å²) in [5.41, 5.74) is 0.521. The Kier molecular flexibility index (Phi) is 9.55. The summed E-state index contributed by atoms with van der Waals surface area (Å²) in [6.45, 7) is 0.0707. The molecule has 1 amide bonds. The Bertz CT molecular complexity index is 1240. The van der Waals surface area contributed by atoms with Crippen LogP contribution < -0.4 is 10.1 Å². The van der Waals surface area contributed by atoms with Gasteiger partial charge in [-0.25, -0.2) is 0 Å². The molecule has 39 heavy (non-hydrogen) atoms. The normalized spacial score (nSPS) is 12.5. The third kappa shape index (κ3) is 9.01. The highest BCUT2D eigenvalue weighted by Gasteiger charge is 2.31. The molecule has 1 N–H and O–H groups in total. The average molecular weight is 554 g/mol. The second-order valence-electron chi connectivity index (χ2n) is 8.42. The molecular weight excluding hydrogens is 530 g/mol. The lowest BCUT2D eigenvalue weighted by Gasteiger charge is -2.21. The van der Waals surface area contributed by atoms with Crippen molar-refractivity contribution in [3.8, 4) is 17.0 Å². The molecular formula is C27H24F6N2O4. The molecule has 0 spiro atoms. The highest BCUT2D eigenvalue weighted by atomic mass is 19.4. The topological polar surface area (TPSA) is 77.5 Å². The second-order valence-corrected chi connectivity index (χ2v) is 8.42. The first-order valence-corrected chi connectivity index (χ1v) is 11.7. The van der Waals surface area contributed by atoms with Gasteiger partial charge in [-0.3, -0.25) is 14.6 Å². The number of hydrogen-bond acceptors (Lipinski definition) is 5. The number of nitrogens with zero attached hydrogens (tertiary/aromatic N) is 1. The lowest BCUT2D eigenvalue weighted by Crippen LogP contribution is -2.26. The number of benzene rings is 2. The number of rotatable bonds is 10. The maximum absolute atomic E-state index is 13.0. The molecule has 0 saturated heterocycles.